The molecule has 0 amide bonds. The molecule has 0 aliphatic carbocycles. The van der Waals surface area contributed by atoms with Gasteiger partial charge in [-0.05, 0) is 0 Å². The molecule has 2 heteroatoms. The van der Waals surface area contributed by atoms with Crippen molar-refractivity contribution in [2.75, 3.05) is 0 Å². The third-order valence-electron chi connectivity index (χ3n) is 0.185. The minimum absolute atomic E-state index is 0.394. The number of hydrogen-bond acceptors (Lipinski definition) is 1. The van der Waals surface area contributed by atoms with Crippen molar-refractivity contribution in [1.82, 2.24) is 0 Å². The van der Waals surface area contributed by atoms with Crippen molar-refractivity contribution in [2.45, 2.75) is 0 Å². The van der Waals surface area contributed by atoms with Gasteiger partial charge in [0.05, 0.1) is 0 Å². The van der Waals surface area contributed by atoms with Crippen molar-refractivity contribution in [3.05, 3.63) is 12.7 Å². The number of allylic oxidation sites excluding steroid dienone is 1. The topological polar surface area (TPSA) is 23.9 Å². The molecule has 0 aromatic carbocycles. The molecule has 0 bridgehead atoms. The van der Waals surface area contributed by atoms with Crippen LogP contribution in [0.25, 0.3) is 0 Å². The Morgan fingerprint density at radius 1 is 2.00 bits per heavy atom. The van der Waals surface area contributed by atoms with E-state index in [9.17, 15) is 0 Å². The molecule has 0 atom stereocenters. The second-order valence-electron chi connectivity index (χ2n) is 0.568. The summed E-state index contributed by atoms with van der Waals surface area (Å²) in [7, 11) is 0. The molecular weight excluding hydrogens is 129 g/mol. The SMILES string of the molecule is C=CC(=N)[Se]. The summed E-state index contributed by atoms with van der Waals surface area (Å²) in [4.78, 5) is 0. The summed E-state index contributed by atoms with van der Waals surface area (Å²) < 4.78 is 0.394. The molecule has 1 nitrogen and oxygen atoms in total. The number of nitrogens with one attached hydrogen (secondary N) is 1. The van der Waals surface area contributed by atoms with Crippen molar-refractivity contribution in [2.24, 2.45) is 0 Å². The first kappa shape index (κ1) is 4.93. The molecule has 0 aliphatic heterocycles. The Kier molecular flexibility index (Phi) is 2.15. The standard InChI is InChI=1S/C3H4NSe/c1-2-3(4)5/h2,4H,1H2. The van der Waals surface area contributed by atoms with E-state index in [-0.39, 0.29) is 0 Å². The molecule has 27 valence electrons. The Balaban J connectivity index is 3.20. The van der Waals surface area contributed by atoms with E-state index in [0.29, 0.717) is 4.61 Å². The third kappa shape index (κ3) is 3.93. The Morgan fingerprint density at radius 3 is 2.20 bits per heavy atom. The number of hydrogen-bond donors (Lipinski definition) is 1. The summed E-state index contributed by atoms with van der Waals surface area (Å²) >= 11 is 2.45. The molecule has 0 aromatic rings. The van der Waals surface area contributed by atoms with Gasteiger partial charge in [0.1, 0.15) is 0 Å². The maximum atomic E-state index is 6.57. The van der Waals surface area contributed by atoms with Gasteiger partial charge in [-0.3, -0.25) is 0 Å². The number of rotatable bonds is 1. The molecule has 1 N–H and O–H groups in total. The van der Waals surface area contributed by atoms with Gasteiger partial charge in [-0.2, -0.15) is 0 Å². The van der Waals surface area contributed by atoms with Gasteiger partial charge < -0.3 is 0 Å². The fraction of sp³-hybridized carbons (Fsp3) is 0. The van der Waals surface area contributed by atoms with Crippen LogP contribution in [0, 0.1) is 5.41 Å². The van der Waals surface area contributed by atoms with Gasteiger partial charge in [-0.1, -0.05) is 0 Å². The predicted octanol–water partition coefficient (Wildman–Crippen LogP) is 0.318. The van der Waals surface area contributed by atoms with Gasteiger partial charge in [-0.25, -0.2) is 0 Å². The Bertz CT molecular complexity index is 57.9. The molecule has 0 heterocycles. The van der Waals surface area contributed by atoms with E-state index in [1.807, 2.05) is 0 Å². The van der Waals surface area contributed by atoms with Gasteiger partial charge in [0.25, 0.3) is 0 Å². The van der Waals surface area contributed by atoms with E-state index >= 15 is 0 Å². The Hall–Kier alpha value is -0.0705. The minimum atomic E-state index is 0.394. The van der Waals surface area contributed by atoms with Gasteiger partial charge in [-0.15, -0.1) is 0 Å². The van der Waals surface area contributed by atoms with Crippen molar-refractivity contribution < 1.29 is 0 Å². The summed E-state index contributed by atoms with van der Waals surface area (Å²) in [6.07, 6.45) is 1.44. The van der Waals surface area contributed by atoms with Gasteiger partial charge in [0.15, 0.2) is 0 Å². The molecule has 0 fully saturated rings. The molecule has 0 spiro atoms. The fourth-order valence-electron chi connectivity index (χ4n) is 0. The van der Waals surface area contributed by atoms with Gasteiger partial charge in [0.2, 0.25) is 0 Å². The molecular formula is C3H4NSe. The molecule has 5 heavy (non-hydrogen) atoms. The molecule has 0 aromatic heterocycles. The van der Waals surface area contributed by atoms with Crippen LogP contribution in [0.4, 0.5) is 0 Å². The summed E-state index contributed by atoms with van der Waals surface area (Å²) in [5.41, 5.74) is 0. The normalized spacial score (nSPS) is 6.40. The quantitative estimate of drug-likeness (QED) is 0.393. The molecule has 0 unspecified atom stereocenters. The zero-order valence-corrected chi connectivity index (χ0v) is 4.41. The van der Waals surface area contributed by atoms with Crippen molar-refractivity contribution in [1.29, 1.82) is 5.41 Å². The monoisotopic (exact) mass is 134 g/mol. The average molecular weight is 133 g/mol. The van der Waals surface area contributed by atoms with Gasteiger partial charge in [0, 0.05) is 0 Å². The molecule has 0 saturated carbocycles. The Morgan fingerprint density at radius 2 is 2.20 bits per heavy atom. The van der Waals surface area contributed by atoms with E-state index in [1.54, 1.807) is 0 Å². The second kappa shape index (κ2) is 2.18. The van der Waals surface area contributed by atoms with E-state index in [4.69, 9.17) is 5.41 Å². The van der Waals surface area contributed by atoms with Crippen LogP contribution in [-0.2, 0) is 0 Å². The van der Waals surface area contributed by atoms with Crippen molar-refractivity contribution in [3.63, 3.8) is 0 Å². The molecule has 0 saturated heterocycles. The first-order chi connectivity index (χ1) is 2.27. The van der Waals surface area contributed by atoms with Crippen LogP contribution in [0.3, 0.4) is 0 Å². The van der Waals surface area contributed by atoms with E-state index < -0.39 is 0 Å². The first-order valence-electron chi connectivity index (χ1n) is 1.15. The van der Waals surface area contributed by atoms with Gasteiger partial charge >= 0.3 is 38.7 Å². The molecule has 0 rings (SSSR count). The van der Waals surface area contributed by atoms with Crippen LogP contribution in [0.15, 0.2) is 12.7 Å². The molecule has 1 radical (unpaired) electrons. The zero-order valence-electron chi connectivity index (χ0n) is 2.69. The average Bonchev–Trinajstić information content (AvgIpc) is 1.38. The van der Waals surface area contributed by atoms with Crippen LogP contribution in [0.2, 0.25) is 0 Å². The first-order valence-corrected chi connectivity index (χ1v) is 2.01. The maximum absolute atomic E-state index is 6.57. The summed E-state index contributed by atoms with van der Waals surface area (Å²) in [6.45, 7) is 3.30. The van der Waals surface area contributed by atoms with E-state index in [2.05, 4.69) is 22.6 Å². The third-order valence-corrected chi connectivity index (χ3v) is 0.535. The van der Waals surface area contributed by atoms with Crippen LogP contribution in [0.5, 0.6) is 0 Å². The van der Waals surface area contributed by atoms with Crippen LogP contribution >= 0.6 is 0 Å². The van der Waals surface area contributed by atoms with Crippen molar-refractivity contribution in [3.8, 4) is 0 Å². The summed E-state index contributed by atoms with van der Waals surface area (Å²) in [5, 5.41) is 6.57. The van der Waals surface area contributed by atoms with Crippen LogP contribution in [0.1, 0.15) is 0 Å². The predicted molar refractivity (Wildman–Crippen MR) is 23.7 cm³/mol. The summed E-state index contributed by atoms with van der Waals surface area (Å²) in [5.74, 6) is 0. The van der Waals surface area contributed by atoms with Crippen LogP contribution in [-0.4, -0.2) is 20.6 Å². The second-order valence-corrected chi connectivity index (χ2v) is 1.49. The van der Waals surface area contributed by atoms with Crippen LogP contribution < -0.4 is 0 Å². The fourth-order valence-corrected chi connectivity index (χ4v) is 0. The summed E-state index contributed by atoms with van der Waals surface area (Å²) in [6, 6.07) is 0. The van der Waals surface area contributed by atoms with E-state index in [0.717, 1.165) is 0 Å². The zero-order chi connectivity index (χ0) is 4.28. The molecule has 0 aliphatic rings. The van der Waals surface area contributed by atoms with E-state index in [1.165, 1.54) is 6.08 Å². The Labute approximate surface area is 39.4 Å². The van der Waals surface area contributed by atoms with Crippen molar-refractivity contribution >= 4 is 20.6 Å².